The zero-order valence-corrected chi connectivity index (χ0v) is 12.1. The Bertz CT molecular complexity index is 793. The highest BCUT2D eigenvalue weighted by molar-refractivity contribution is 6.32. The van der Waals surface area contributed by atoms with Crippen LogP contribution < -0.4 is 10.1 Å². The molecule has 2 rings (SSSR count). The van der Waals surface area contributed by atoms with Crippen molar-refractivity contribution in [1.82, 2.24) is 0 Å². The second kappa shape index (κ2) is 6.89. The molecule has 23 heavy (non-hydrogen) atoms. The third-order valence-corrected chi connectivity index (χ3v) is 3.06. The topological polar surface area (TPSA) is 88.2 Å². The molecule has 0 saturated carbocycles. The van der Waals surface area contributed by atoms with Crippen LogP contribution >= 0.6 is 11.6 Å². The molecular weight excluding hydrogens is 332 g/mol. The lowest BCUT2D eigenvalue weighted by atomic mass is 10.1. The van der Waals surface area contributed by atoms with Crippen molar-refractivity contribution in [3.05, 3.63) is 57.1 Å². The zero-order chi connectivity index (χ0) is 17.0. The first-order valence-electron chi connectivity index (χ1n) is 6.10. The Morgan fingerprint density at radius 3 is 2.61 bits per heavy atom. The Labute approximate surface area is 134 Å². The minimum atomic E-state index is -2.99. The normalized spacial score (nSPS) is 10.2. The fourth-order valence-corrected chi connectivity index (χ4v) is 2.00. The van der Waals surface area contributed by atoms with E-state index in [4.69, 9.17) is 16.9 Å². The van der Waals surface area contributed by atoms with E-state index in [9.17, 15) is 18.9 Å². The number of hydrogen-bond acceptors (Lipinski definition) is 5. The molecule has 0 aliphatic heterocycles. The van der Waals surface area contributed by atoms with Gasteiger partial charge in [0.15, 0.2) is 0 Å². The van der Waals surface area contributed by atoms with Crippen LogP contribution in [-0.2, 0) is 0 Å². The largest absolute Gasteiger partial charge is 0.433 e. The summed E-state index contributed by atoms with van der Waals surface area (Å²) in [6.45, 7) is -2.99. The van der Waals surface area contributed by atoms with E-state index in [-0.39, 0.29) is 22.0 Å². The summed E-state index contributed by atoms with van der Waals surface area (Å²) in [6.07, 6.45) is 0. The van der Waals surface area contributed by atoms with Gasteiger partial charge in [-0.25, -0.2) is 0 Å². The summed E-state index contributed by atoms with van der Waals surface area (Å²) in [6, 6.07) is 9.57. The lowest BCUT2D eigenvalue weighted by molar-refractivity contribution is -0.384. The molecular formula is C14H8ClF2N3O3. The lowest BCUT2D eigenvalue weighted by Gasteiger charge is -2.11. The number of nitriles is 1. The predicted molar refractivity (Wildman–Crippen MR) is 79.2 cm³/mol. The highest BCUT2D eigenvalue weighted by Gasteiger charge is 2.12. The van der Waals surface area contributed by atoms with Crippen molar-refractivity contribution in [2.24, 2.45) is 0 Å². The monoisotopic (exact) mass is 339 g/mol. The Kier molecular flexibility index (Phi) is 4.93. The Morgan fingerprint density at radius 2 is 2.04 bits per heavy atom. The number of halogens is 3. The average Bonchev–Trinajstić information content (AvgIpc) is 2.49. The summed E-state index contributed by atoms with van der Waals surface area (Å²) in [5, 5.41) is 22.5. The molecule has 2 aromatic rings. The summed E-state index contributed by atoms with van der Waals surface area (Å²) in [4.78, 5) is 10.1. The smallest absolute Gasteiger partial charge is 0.387 e. The summed E-state index contributed by atoms with van der Waals surface area (Å²) >= 11 is 5.83. The van der Waals surface area contributed by atoms with Crippen molar-refractivity contribution in [1.29, 1.82) is 5.26 Å². The Balaban J connectivity index is 2.27. The maximum Gasteiger partial charge on any atom is 0.387 e. The molecule has 118 valence electrons. The van der Waals surface area contributed by atoms with E-state index in [1.54, 1.807) is 0 Å². The molecule has 0 aromatic heterocycles. The summed E-state index contributed by atoms with van der Waals surface area (Å²) in [7, 11) is 0. The Hall–Kier alpha value is -2.92. The highest BCUT2D eigenvalue weighted by atomic mass is 35.5. The van der Waals surface area contributed by atoms with Crippen LogP contribution in [-0.4, -0.2) is 11.5 Å². The van der Waals surface area contributed by atoms with Gasteiger partial charge in [-0.05, 0) is 24.3 Å². The minimum Gasteiger partial charge on any atom is -0.433 e. The van der Waals surface area contributed by atoms with Gasteiger partial charge < -0.3 is 10.1 Å². The van der Waals surface area contributed by atoms with Crippen LogP contribution in [0, 0.1) is 21.4 Å². The van der Waals surface area contributed by atoms with Crippen molar-refractivity contribution < 1.29 is 18.4 Å². The standard InChI is InChI=1S/C14H8ClF2N3O3/c15-11-6-9(1-4-13(11)23-14(16)17)19-12-3-2-10(20(21)22)5-8(12)7-18/h1-6,14,19H. The van der Waals surface area contributed by atoms with Crippen LogP contribution in [0.25, 0.3) is 0 Å². The molecule has 0 radical (unpaired) electrons. The molecule has 0 unspecified atom stereocenters. The molecule has 0 heterocycles. The van der Waals surface area contributed by atoms with Gasteiger partial charge in [0.1, 0.15) is 11.8 Å². The van der Waals surface area contributed by atoms with Gasteiger partial charge in [-0.3, -0.25) is 10.1 Å². The molecule has 0 amide bonds. The summed E-state index contributed by atoms with van der Waals surface area (Å²) in [5.74, 6) is -0.184. The third kappa shape index (κ3) is 4.05. The first kappa shape index (κ1) is 16.5. The number of nitro groups is 1. The van der Waals surface area contributed by atoms with Crippen molar-refractivity contribution in [2.45, 2.75) is 6.61 Å². The van der Waals surface area contributed by atoms with Crippen LogP contribution in [0.2, 0.25) is 5.02 Å². The van der Waals surface area contributed by atoms with E-state index in [1.807, 2.05) is 6.07 Å². The number of nitrogens with one attached hydrogen (secondary N) is 1. The van der Waals surface area contributed by atoms with Gasteiger partial charge in [0.05, 0.1) is 21.2 Å². The maximum absolute atomic E-state index is 12.2. The summed E-state index contributed by atoms with van der Waals surface area (Å²) in [5.41, 5.74) is 0.563. The molecule has 0 bridgehead atoms. The number of non-ortho nitro benzene ring substituents is 1. The zero-order valence-electron chi connectivity index (χ0n) is 11.3. The van der Waals surface area contributed by atoms with Gasteiger partial charge in [-0.1, -0.05) is 11.6 Å². The van der Waals surface area contributed by atoms with Crippen LogP contribution in [0.3, 0.4) is 0 Å². The number of rotatable bonds is 5. The predicted octanol–water partition coefficient (Wildman–Crippen LogP) is 4.46. The fourth-order valence-electron chi connectivity index (χ4n) is 1.77. The van der Waals surface area contributed by atoms with Crippen LogP contribution in [0.5, 0.6) is 5.75 Å². The number of ether oxygens (including phenoxy) is 1. The van der Waals surface area contributed by atoms with Gasteiger partial charge in [-0.15, -0.1) is 0 Å². The molecule has 6 nitrogen and oxygen atoms in total. The second-order valence-electron chi connectivity index (χ2n) is 4.25. The fraction of sp³-hybridized carbons (Fsp3) is 0.0714. The molecule has 0 aliphatic carbocycles. The first-order valence-corrected chi connectivity index (χ1v) is 6.48. The second-order valence-corrected chi connectivity index (χ2v) is 4.65. The molecule has 0 aliphatic rings. The van der Waals surface area contributed by atoms with Gasteiger partial charge >= 0.3 is 6.61 Å². The Morgan fingerprint density at radius 1 is 1.30 bits per heavy atom. The number of benzene rings is 2. The van der Waals surface area contributed by atoms with Crippen molar-refractivity contribution in [3.8, 4) is 11.8 Å². The first-order chi connectivity index (χ1) is 10.9. The van der Waals surface area contributed by atoms with Gasteiger partial charge in [0, 0.05) is 17.8 Å². The number of anilines is 2. The number of nitro benzene ring substituents is 1. The van der Waals surface area contributed by atoms with E-state index in [1.165, 1.54) is 30.3 Å². The molecule has 0 spiro atoms. The molecule has 2 aromatic carbocycles. The quantitative estimate of drug-likeness (QED) is 0.641. The number of alkyl halides is 2. The van der Waals surface area contributed by atoms with E-state index in [2.05, 4.69) is 10.1 Å². The summed E-state index contributed by atoms with van der Waals surface area (Å²) < 4.78 is 28.5. The minimum absolute atomic E-state index is 0.0456. The molecule has 0 saturated heterocycles. The van der Waals surface area contributed by atoms with Gasteiger partial charge in [-0.2, -0.15) is 14.0 Å². The number of hydrogen-bond donors (Lipinski definition) is 1. The van der Waals surface area contributed by atoms with E-state index < -0.39 is 11.5 Å². The van der Waals surface area contributed by atoms with E-state index >= 15 is 0 Å². The molecule has 0 fully saturated rings. The number of nitrogens with zero attached hydrogens (tertiary/aromatic N) is 2. The van der Waals surface area contributed by atoms with Crippen LogP contribution in [0.1, 0.15) is 5.56 Å². The maximum atomic E-state index is 12.2. The average molecular weight is 340 g/mol. The lowest BCUT2D eigenvalue weighted by Crippen LogP contribution is -2.02. The molecule has 1 N–H and O–H groups in total. The highest BCUT2D eigenvalue weighted by Crippen LogP contribution is 2.31. The SMILES string of the molecule is N#Cc1cc([N+](=O)[O-])ccc1Nc1ccc(OC(F)F)c(Cl)c1. The van der Waals surface area contributed by atoms with E-state index in [0.717, 1.165) is 6.07 Å². The van der Waals surface area contributed by atoms with Crippen LogP contribution in [0.4, 0.5) is 25.8 Å². The van der Waals surface area contributed by atoms with Crippen molar-refractivity contribution in [2.75, 3.05) is 5.32 Å². The van der Waals surface area contributed by atoms with Gasteiger partial charge in [0.25, 0.3) is 5.69 Å². The van der Waals surface area contributed by atoms with Crippen molar-refractivity contribution >= 4 is 28.7 Å². The third-order valence-electron chi connectivity index (χ3n) is 2.76. The van der Waals surface area contributed by atoms with Crippen molar-refractivity contribution in [3.63, 3.8) is 0 Å². The van der Waals surface area contributed by atoms with E-state index in [0.29, 0.717) is 11.4 Å². The molecule has 0 atom stereocenters. The molecule has 9 heteroatoms. The van der Waals surface area contributed by atoms with Crippen LogP contribution in [0.15, 0.2) is 36.4 Å². The van der Waals surface area contributed by atoms with Gasteiger partial charge in [0.2, 0.25) is 0 Å².